The molecule has 0 saturated heterocycles. The number of hydrogen-bond acceptors (Lipinski definition) is 0. The third kappa shape index (κ3) is 1.60. The summed E-state index contributed by atoms with van der Waals surface area (Å²) >= 11 is 0. The predicted octanol–water partition coefficient (Wildman–Crippen LogP) is -0.746. The molecule has 10 heavy (non-hydrogen) atoms. The summed E-state index contributed by atoms with van der Waals surface area (Å²) in [6.45, 7) is 2.13. The summed E-state index contributed by atoms with van der Waals surface area (Å²) < 4.78 is 0. The first kappa shape index (κ1) is 8.24. The lowest BCUT2D eigenvalue weighted by Gasteiger charge is -2.04. The summed E-state index contributed by atoms with van der Waals surface area (Å²) in [7, 11) is 7.60. The molecule has 0 fully saturated rings. The van der Waals surface area contributed by atoms with E-state index in [9.17, 15) is 0 Å². The molecule has 0 heterocycles. The molecule has 1 rings (SSSR count). The SMILES string of the molecule is Bc1cc(P)c(C)c(P)c1. The summed E-state index contributed by atoms with van der Waals surface area (Å²) in [4.78, 5) is 0. The van der Waals surface area contributed by atoms with Gasteiger partial charge in [-0.2, -0.15) is 0 Å². The Kier molecular flexibility index (Phi) is 2.50. The molecule has 2 atom stereocenters. The zero-order valence-electron chi connectivity index (χ0n) is 6.31. The molecule has 0 nitrogen and oxygen atoms in total. The Morgan fingerprint density at radius 2 is 1.60 bits per heavy atom. The van der Waals surface area contributed by atoms with Crippen LogP contribution in [0, 0.1) is 6.92 Å². The molecule has 0 N–H and O–H groups in total. The van der Waals surface area contributed by atoms with E-state index in [1.54, 1.807) is 0 Å². The molecule has 3 heteroatoms. The standard InChI is InChI=1S/C7H11BP2/c1-4-6(9)2-5(8)3-7(4)10/h2-3H,8-10H2,1H3. The molecule has 0 aliphatic heterocycles. The molecule has 0 spiro atoms. The van der Waals surface area contributed by atoms with Crippen molar-refractivity contribution in [1.29, 1.82) is 0 Å². The third-order valence-electron chi connectivity index (χ3n) is 1.63. The average Bonchev–Trinajstić information content (AvgIpc) is 1.82. The van der Waals surface area contributed by atoms with Gasteiger partial charge in [0.2, 0.25) is 0 Å². The van der Waals surface area contributed by atoms with Crippen LogP contribution in [0.3, 0.4) is 0 Å². The van der Waals surface area contributed by atoms with E-state index < -0.39 is 0 Å². The highest BCUT2D eigenvalue weighted by Crippen LogP contribution is 1.97. The fourth-order valence-electron chi connectivity index (χ4n) is 0.915. The Hall–Kier alpha value is 0.145. The molecule has 0 bridgehead atoms. The normalized spacial score (nSPS) is 9.90. The lowest BCUT2D eigenvalue weighted by Crippen LogP contribution is -2.18. The van der Waals surface area contributed by atoms with Crippen LogP contribution in [0.15, 0.2) is 12.1 Å². The zero-order chi connectivity index (χ0) is 7.72. The Morgan fingerprint density at radius 3 is 2.00 bits per heavy atom. The van der Waals surface area contributed by atoms with E-state index in [1.807, 2.05) is 0 Å². The molecule has 0 aliphatic carbocycles. The van der Waals surface area contributed by atoms with Gasteiger partial charge in [0.05, 0.1) is 0 Å². The highest BCUT2D eigenvalue weighted by Gasteiger charge is 1.96. The van der Waals surface area contributed by atoms with Gasteiger partial charge in [-0.3, -0.25) is 0 Å². The second-order valence-electron chi connectivity index (χ2n) is 2.57. The van der Waals surface area contributed by atoms with Gasteiger partial charge in [-0.15, -0.1) is 18.5 Å². The van der Waals surface area contributed by atoms with Crippen LogP contribution in [0.25, 0.3) is 0 Å². The minimum absolute atomic E-state index is 1.30. The summed E-state index contributed by atoms with van der Waals surface area (Å²) in [5.41, 5.74) is 2.67. The smallest absolute Gasteiger partial charge is 0.105 e. The monoisotopic (exact) mass is 168 g/mol. The van der Waals surface area contributed by atoms with Crippen molar-refractivity contribution in [3.8, 4) is 0 Å². The van der Waals surface area contributed by atoms with Crippen LogP contribution in [-0.2, 0) is 0 Å². The molecule has 0 aliphatic rings. The molecular weight excluding hydrogens is 157 g/mol. The quantitative estimate of drug-likeness (QED) is 0.353. The van der Waals surface area contributed by atoms with Gasteiger partial charge in [0, 0.05) is 0 Å². The molecule has 0 amide bonds. The van der Waals surface area contributed by atoms with Crippen molar-refractivity contribution in [2.75, 3.05) is 0 Å². The Labute approximate surface area is 67.6 Å². The Morgan fingerprint density at radius 1 is 1.20 bits per heavy atom. The Balaban J connectivity index is 3.31. The van der Waals surface area contributed by atoms with E-state index in [4.69, 9.17) is 0 Å². The predicted molar refractivity (Wildman–Crippen MR) is 58.0 cm³/mol. The van der Waals surface area contributed by atoms with Gasteiger partial charge >= 0.3 is 0 Å². The van der Waals surface area contributed by atoms with Gasteiger partial charge in [0.25, 0.3) is 0 Å². The maximum atomic E-state index is 2.74. The summed E-state index contributed by atoms with van der Waals surface area (Å²) in [5, 5.41) is 2.59. The molecular formula is C7H11BP2. The largest absolute Gasteiger partial charge is 0.139 e. The first-order valence-corrected chi connectivity index (χ1v) is 4.39. The summed E-state index contributed by atoms with van der Waals surface area (Å²) in [6.07, 6.45) is 0. The minimum atomic E-state index is 1.30. The lowest BCUT2D eigenvalue weighted by atomic mass is 9.95. The van der Waals surface area contributed by atoms with E-state index in [0.717, 1.165) is 0 Å². The van der Waals surface area contributed by atoms with E-state index in [1.165, 1.54) is 21.6 Å². The second-order valence-corrected chi connectivity index (χ2v) is 3.81. The van der Waals surface area contributed by atoms with Gasteiger partial charge in [-0.05, 0) is 23.1 Å². The molecule has 52 valence electrons. The second kappa shape index (κ2) is 3.03. The van der Waals surface area contributed by atoms with Crippen molar-refractivity contribution in [3.05, 3.63) is 17.7 Å². The van der Waals surface area contributed by atoms with Crippen molar-refractivity contribution < 1.29 is 0 Å². The third-order valence-corrected chi connectivity index (χ3v) is 2.83. The highest BCUT2D eigenvalue weighted by molar-refractivity contribution is 7.30. The molecule has 1 aromatic carbocycles. The van der Waals surface area contributed by atoms with Crippen LogP contribution in [0.2, 0.25) is 0 Å². The fourth-order valence-corrected chi connectivity index (χ4v) is 1.94. The van der Waals surface area contributed by atoms with Crippen LogP contribution < -0.4 is 16.1 Å². The molecule has 0 radical (unpaired) electrons. The van der Waals surface area contributed by atoms with Crippen molar-refractivity contribution in [3.63, 3.8) is 0 Å². The lowest BCUT2D eigenvalue weighted by molar-refractivity contribution is 1.59. The van der Waals surface area contributed by atoms with Crippen molar-refractivity contribution in [2.24, 2.45) is 0 Å². The summed E-state index contributed by atoms with van der Waals surface area (Å²) in [6, 6.07) is 4.35. The highest BCUT2D eigenvalue weighted by atomic mass is 31.0. The van der Waals surface area contributed by atoms with Gasteiger partial charge in [-0.25, -0.2) is 0 Å². The number of hydrogen-bond donors (Lipinski definition) is 0. The van der Waals surface area contributed by atoms with E-state index in [0.29, 0.717) is 0 Å². The van der Waals surface area contributed by atoms with E-state index in [-0.39, 0.29) is 0 Å². The van der Waals surface area contributed by atoms with Crippen molar-refractivity contribution in [2.45, 2.75) is 6.92 Å². The van der Waals surface area contributed by atoms with Crippen LogP contribution in [0.1, 0.15) is 5.56 Å². The van der Waals surface area contributed by atoms with E-state index in [2.05, 4.69) is 45.4 Å². The minimum Gasteiger partial charge on any atom is -0.105 e. The van der Waals surface area contributed by atoms with Crippen LogP contribution >= 0.6 is 18.5 Å². The van der Waals surface area contributed by atoms with Gasteiger partial charge in [-0.1, -0.05) is 17.6 Å². The number of rotatable bonds is 0. The maximum Gasteiger partial charge on any atom is 0.139 e. The molecule has 0 aromatic heterocycles. The topological polar surface area (TPSA) is 0 Å². The summed E-state index contributed by atoms with van der Waals surface area (Å²) in [5.74, 6) is 0. The van der Waals surface area contributed by atoms with Crippen LogP contribution in [0.4, 0.5) is 0 Å². The number of benzene rings is 1. The van der Waals surface area contributed by atoms with Gasteiger partial charge in [0.1, 0.15) is 7.85 Å². The zero-order valence-corrected chi connectivity index (χ0v) is 8.62. The van der Waals surface area contributed by atoms with Crippen LogP contribution in [0.5, 0.6) is 0 Å². The first-order valence-electron chi connectivity index (χ1n) is 3.23. The van der Waals surface area contributed by atoms with Gasteiger partial charge < -0.3 is 0 Å². The Bertz CT molecular complexity index is 235. The molecule has 0 saturated carbocycles. The molecule has 2 unspecified atom stereocenters. The fraction of sp³-hybridized carbons (Fsp3) is 0.143. The first-order chi connectivity index (χ1) is 4.61. The van der Waals surface area contributed by atoms with Crippen LogP contribution in [-0.4, -0.2) is 7.85 Å². The van der Waals surface area contributed by atoms with Gasteiger partial charge in [0.15, 0.2) is 0 Å². The van der Waals surface area contributed by atoms with E-state index >= 15 is 0 Å². The molecule has 1 aromatic rings. The van der Waals surface area contributed by atoms with Crippen molar-refractivity contribution in [1.82, 2.24) is 0 Å². The van der Waals surface area contributed by atoms with Crippen molar-refractivity contribution >= 4 is 42.4 Å². The average molecular weight is 168 g/mol. The maximum absolute atomic E-state index is 2.74.